The van der Waals surface area contributed by atoms with Crippen LogP contribution in [0.2, 0.25) is 0 Å². The molecule has 1 atom stereocenters. The molecule has 34 heavy (non-hydrogen) atoms. The summed E-state index contributed by atoms with van der Waals surface area (Å²) in [7, 11) is 1.26. The number of benzene rings is 2. The van der Waals surface area contributed by atoms with Gasteiger partial charge >= 0.3 is 17.3 Å². The third-order valence-corrected chi connectivity index (χ3v) is 5.19. The summed E-state index contributed by atoms with van der Waals surface area (Å²) in [6.45, 7) is 7.47. The zero-order valence-corrected chi connectivity index (χ0v) is 20.1. The Balaban J connectivity index is 2.03. The van der Waals surface area contributed by atoms with E-state index in [-0.39, 0.29) is 25.1 Å². The number of carbonyl (C=O) groups is 1. The molecule has 0 aliphatic carbocycles. The molecule has 1 aromatic heterocycles. The Morgan fingerprint density at radius 3 is 2.38 bits per heavy atom. The van der Waals surface area contributed by atoms with Crippen molar-refractivity contribution in [2.75, 3.05) is 12.4 Å². The van der Waals surface area contributed by atoms with Crippen molar-refractivity contribution in [3.63, 3.8) is 0 Å². The van der Waals surface area contributed by atoms with Crippen LogP contribution in [-0.4, -0.2) is 33.3 Å². The summed E-state index contributed by atoms with van der Waals surface area (Å²) in [6.07, 6.45) is 0.0372. The van der Waals surface area contributed by atoms with Gasteiger partial charge < -0.3 is 14.8 Å². The summed E-state index contributed by atoms with van der Waals surface area (Å²) in [4.78, 5) is 42.1. The van der Waals surface area contributed by atoms with E-state index in [9.17, 15) is 14.4 Å². The number of anilines is 2. The number of hydrogen-bond donors (Lipinski definition) is 1. The van der Waals surface area contributed by atoms with Crippen molar-refractivity contribution in [2.24, 2.45) is 5.92 Å². The molecule has 3 rings (SSSR count). The van der Waals surface area contributed by atoms with Crippen molar-refractivity contribution in [2.45, 2.75) is 46.9 Å². The van der Waals surface area contributed by atoms with E-state index in [0.717, 1.165) is 21.4 Å². The van der Waals surface area contributed by atoms with Crippen LogP contribution < -0.4 is 21.4 Å². The smallest absolute Gasteiger partial charge is 0.354 e. The van der Waals surface area contributed by atoms with Gasteiger partial charge in [0.1, 0.15) is 5.75 Å². The van der Waals surface area contributed by atoms with Crippen LogP contribution in [0.1, 0.15) is 31.9 Å². The number of nitrogens with zero attached hydrogens (tertiary/aromatic N) is 3. The minimum atomic E-state index is -0.746. The van der Waals surface area contributed by atoms with E-state index in [1.165, 1.54) is 11.7 Å². The number of hydrogen-bond acceptors (Lipinski definition) is 7. The first-order valence-electron chi connectivity index (χ1n) is 11.1. The van der Waals surface area contributed by atoms with E-state index < -0.39 is 23.3 Å². The summed E-state index contributed by atoms with van der Waals surface area (Å²) in [5.41, 5.74) is 1.10. The van der Waals surface area contributed by atoms with E-state index in [0.29, 0.717) is 5.69 Å². The first kappa shape index (κ1) is 24.8. The molecule has 9 heteroatoms. The summed E-state index contributed by atoms with van der Waals surface area (Å²) < 4.78 is 12.9. The number of carbonyl (C=O) groups excluding carboxylic acids is 1. The molecule has 9 nitrogen and oxygen atoms in total. The zero-order valence-electron chi connectivity index (χ0n) is 20.1. The maximum absolute atomic E-state index is 13.4. The lowest BCUT2D eigenvalue weighted by atomic mass is 10.2. The fourth-order valence-corrected chi connectivity index (χ4v) is 3.48. The molecule has 180 valence electrons. The number of aryl methyl sites for hydroxylation is 1. The van der Waals surface area contributed by atoms with Crippen LogP contribution >= 0.6 is 0 Å². The molecule has 3 aromatic rings. The maximum atomic E-state index is 13.4. The van der Waals surface area contributed by atoms with Gasteiger partial charge in [-0.2, -0.15) is 4.98 Å². The van der Waals surface area contributed by atoms with Gasteiger partial charge in [-0.15, -0.1) is 0 Å². The van der Waals surface area contributed by atoms with Crippen molar-refractivity contribution in [1.29, 1.82) is 0 Å². The summed E-state index contributed by atoms with van der Waals surface area (Å²) in [5.74, 6) is -0.334. The van der Waals surface area contributed by atoms with Gasteiger partial charge in [-0.3, -0.25) is 9.36 Å². The minimum absolute atomic E-state index is 0.0372. The quantitative estimate of drug-likeness (QED) is 0.483. The van der Waals surface area contributed by atoms with Gasteiger partial charge in [0.05, 0.1) is 25.7 Å². The molecule has 0 fully saturated rings. The van der Waals surface area contributed by atoms with Gasteiger partial charge in [-0.1, -0.05) is 37.3 Å². The second-order valence-electron chi connectivity index (χ2n) is 8.38. The van der Waals surface area contributed by atoms with Crippen LogP contribution in [0.5, 0.6) is 5.75 Å². The van der Waals surface area contributed by atoms with E-state index in [1.54, 1.807) is 13.0 Å². The molecule has 0 aliphatic heterocycles. The number of aromatic nitrogens is 3. The SMILES string of the molecule is COC(=O)[C@@H](C)Cn1c(=O)nc(Nc2ccc(OC(C)C)c(C)c2)n(Cc2ccccc2)c1=O. The van der Waals surface area contributed by atoms with Crippen molar-refractivity contribution in [3.05, 3.63) is 80.6 Å². The van der Waals surface area contributed by atoms with Gasteiger partial charge in [0.25, 0.3) is 0 Å². The van der Waals surface area contributed by atoms with E-state index in [1.807, 2.05) is 63.2 Å². The predicted molar refractivity (Wildman–Crippen MR) is 130 cm³/mol. The maximum Gasteiger partial charge on any atom is 0.354 e. The third kappa shape index (κ3) is 5.92. The summed E-state index contributed by atoms with van der Waals surface area (Å²) in [5, 5.41) is 3.10. The Kier molecular flexibility index (Phi) is 7.88. The first-order valence-corrected chi connectivity index (χ1v) is 11.1. The lowest BCUT2D eigenvalue weighted by Gasteiger charge is -2.18. The van der Waals surface area contributed by atoms with Gasteiger partial charge in [-0.05, 0) is 50.1 Å². The first-order chi connectivity index (χ1) is 16.2. The van der Waals surface area contributed by atoms with Gasteiger partial charge in [0.15, 0.2) is 0 Å². The minimum Gasteiger partial charge on any atom is -0.491 e. The highest BCUT2D eigenvalue weighted by molar-refractivity contribution is 5.71. The Bertz CT molecular complexity index is 1260. The van der Waals surface area contributed by atoms with E-state index in [4.69, 9.17) is 9.47 Å². The van der Waals surface area contributed by atoms with Crippen LogP contribution in [0.3, 0.4) is 0 Å². The van der Waals surface area contributed by atoms with Gasteiger partial charge in [0, 0.05) is 12.2 Å². The number of rotatable bonds is 9. The predicted octanol–water partition coefficient (Wildman–Crippen LogP) is 3.10. The molecule has 0 aliphatic rings. The lowest BCUT2D eigenvalue weighted by Crippen LogP contribution is -2.44. The molecule has 0 saturated heterocycles. The highest BCUT2D eigenvalue weighted by Crippen LogP contribution is 2.24. The molecule has 0 saturated carbocycles. The molecule has 2 aromatic carbocycles. The Morgan fingerprint density at radius 1 is 1.06 bits per heavy atom. The van der Waals surface area contributed by atoms with Gasteiger partial charge in [0.2, 0.25) is 5.95 Å². The molecule has 0 radical (unpaired) electrons. The largest absolute Gasteiger partial charge is 0.491 e. The normalized spacial score (nSPS) is 11.8. The number of nitrogens with one attached hydrogen (secondary N) is 1. The van der Waals surface area contributed by atoms with Crippen LogP contribution in [0, 0.1) is 12.8 Å². The van der Waals surface area contributed by atoms with E-state index >= 15 is 0 Å². The number of esters is 1. The molecule has 0 spiro atoms. The monoisotopic (exact) mass is 466 g/mol. The van der Waals surface area contributed by atoms with Crippen LogP contribution in [0.4, 0.5) is 11.6 Å². The second kappa shape index (κ2) is 10.8. The highest BCUT2D eigenvalue weighted by Gasteiger charge is 2.20. The van der Waals surface area contributed by atoms with Crippen molar-refractivity contribution < 1.29 is 14.3 Å². The van der Waals surface area contributed by atoms with Crippen LogP contribution in [0.15, 0.2) is 58.1 Å². The Labute approximate surface area is 198 Å². The average Bonchev–Trinajstić information content (AvgIpc) is 2.80. The van der Waals surface area contributed by atoms with Crippen molar-refractivity contribution in [3.8, 4) is 5.75 Å². The molecule has 0 bridgehead atoms. The zero-order chi connectivity index (χ0) is 24.8. The Hall–Kier alpha value is -3.88. The summed E-state index contributed by atoms with van der Waals surface area (Å²) >= 11 is 0. The topological polar surface area (TPSA) is 104 Å². The fourth-order valence-electron chi connectivity index (χ4n) is 3.48. The highest BCUT2D eigenvalue weighted by atomic mass is 16.5. The van der Waals surface area contributed by atoms with Crippen LogP contribution in [0.25, 0.3) is 0 Å². The molecular weight excluding hydrogens is 436 g/mol. The van der Waals surface area contributed by atoms with Crippen molar-refractivity contribution in [1.82, 2.24) is 14.1 Å². The van der Waals surface area contributed by atoms with Crippen LogP contribution in [-0.2, 0) is 22.6 Å². The number of methoxy groups -OCH3 is 1. The third-order valence-electron chi connectivity index (χ3n) is 5.19. The average molecular weight is 467 g/mol. The fraction of sp³-hybridized carbons (Fsp3) is 0.360. The Morgan fingerprint density at radius 2 is 1.76 bits per heavy atom. The van der Waals surface area contributed by atoms with E-state index in [2.05, 4.69) is 10.3 Å². The van der Waals surface area contributed by atoms with Crippen molar-refractivity contribution >= 4 is 17.6 Å². The summed E-state index contributed by atoms with van der Waals surface area (Å²) in [6, 6.07) is 14.9. The standard InChI is InChI=1S/C25H30N4O5/c1-16(2)34-21-12-11-20(13-17(21)3)26-23-27-24(31)29(14-18(4)22(30)33-5)25(32)28(23)15-19-9-7-6-8-10-19/h6-13,16,18H,14-15H2,1-5H3,(H,26,27,31)/t18-/m0/s1. The molecule has 1 N–H and O–H groups in total. The van der Waals surface area contributed by atoms with Gasteiger partial charge in [-0.25, -0.2) is 14.2 Å². The molecular formula is C25H30N4O5. The number of ether oxygens (including phenoxy) is 2. The lowest BCUT2D eigenvalue weighted by molar-refractivity contribution is -0.145. The molecule has 1 heterocycles. The molecule has 0 unspecified atom stereocenters. The second-order valence-corrected chi connectivity index (χ2v) is 8.38. The molecule has 0 amide bonds.